The van der Waals surface area contributed by atoms with Crippen molar-refractivity contribution in [3.63, 3.8) is 0 Å². The normalized spacial score (nSPS) is 20.2. The molecule has 1 aliphatic rings. The van der Waals surface area contributed by atoms with Gasteiger partial charge in [-0.15, -0.1) is 0 Å². The van der Waals surface area contributed by atoms with Crippen molar-refractivity contribution in [2.45, 2.75) is 12.8 Å². The summed E-state index contributed by atoms with van der Waals surface area (Å²) in [6.45, 7) is 7.84. The van der Waals surface area contributed by atoms with Crippen molar-refractivity contribution < 1.29 is 18.9 Å². The van der Waals surface area contributed by atoms with Crippen LogP contribution in [0, 0.1) is 5.92 Å². The lowest BCUT2D eigenvalue weighted by Gasteiger charge is -2.16. The van der Waals surface area contributed by atoms with Crippen LogP contribution in [-0.2, 0) is 18.9 Å². The maximum Gasteiger partial charge on any atom is 0.0700 e. The summed E-state index contributed by atoms with van der Waals surface area (Å²) in [4.78, 5) is 2.48. The van der Waals surface area contributed by atoms with Crippen molar-refractivity contribution in [2.24, 2.45) is 5.92 Å². The number of nitrogens with zero attached hydrogens (tertiary/aromatic N) is 1. The van der Waals surface area contributed by atoms with E-state index in [9.17, 15) is 0 Å². The molecule has 0 aromatic carbocycles. The van der Waals surface area contributed by atoms with E-state index in [-0.39, 0.29) is 0 Å². The predicted molar refractivity (Wildman–Crippen MR) is 74.6 cm³/mol. The second kappa shape index (κ2) is 11.6. The number of ether oxygens (including phenoxy) is 4. The molecule has 0 saturated carbocycles. The van der Waals surface area contributed by atoms with Gasteiger partial charge in [-0.1, -0.05) is 0 Å². The lowest BCUT2D eigenvalue weighted by Crippen LogP contribution is -2.26. The summed E-state index contributed by atoms with van der Waals surface area (Å²) in [5.74, 6) is 0.779. The summed E-state index contributed by atoms with van der Waals surface area (Å²) < 4.78 is 20.9. The lowest BCUT2D eigenvalue weighted by molar-refractivity contribution is 0.0574. The van der Waals surface area contributed by atoms with Gasteiger partial charge in [-0.2, -0.15) is 0 Å². The van der Waals surface area contributed by atoms with Crippen LogP contribution in [0.25, 0.3) is 0 Å². The third kappa shape index (κ3) is 8.55. The smallest absolute Gasteiger partial charge is 0.0700 e. The highest BCUT2D eigenvalue weighted by molar-refractivity contribution is 4.75. The van der Waals surface area contributed by atoms with Crippen LogP contribution >= 0.6 is 0 Å². The molecule has 1 fully saturated rings. The number of hydrogen-bond acceptors (Lipinski definition) is 5. The van der Waals surface area contributed by atoms with Gasteiger partial charge in [0.1, 0.15) is 0 Å². The number of methoxy groups -OCH3 is 2. The van der Waals surface area contributed by atoms with Gasteiger partial charge in [-0.25, -0.2) is 0 Å². The van der Waals surface area contributed by atoms with Gasteiger partial charge in [0.15, 0.2) is 0 Å². The van der Waals surface area contributed by atoms with Crippen molar-refractivity contribution in [3.05, 3.63) is 0 Å². The zero-order chi connectivity index (χ0) is 13.8. The maximum absolute atomic E-state index is 5.51. The Hall–Kier alpha value is -0.200. The predicted octanol–water partition coefficient (Wildman–Crippen LogP) is 1.02. The van der Waals surface area contributed by atoms with Crippen LogP contribution in [0.4, 0.5) is 0 Å². The molecule has 1 unspecified atom stereocenters. The minimum Gasteiger partial charge on any atom is -0.382 e. The standard InChI is InChI=1S/C14H29NO4/c1-16-9-11-18-7-4-14-3-5-15(13-14)6-8-19-12-10-17-2/h14H,3-13H2,1-2H3. The zero-order valence-electron chi connectivity index (χ0n) is 12.4. The molecule has 1 aliphatic heterocycles. The second-order valence-corrected chi connectivity index (χ2v) is 4.95. The van der Waals surface area contributed by atoms with E-state index in [1.165, 1.54) is 19.5 Å². The zero-order valence-corrected chi connectivity index (χ0v) is 12.4. The fourth-order valence-corrected chi connectivity index (χ4v) is 2.28. The molecule has 0 aromatic rings. The first-order valence-electron chi connectivity index (χ1n) is 7.22. The Morgan fingerprint density at radius 1 is 0.895 bits per heavy atom. The first-order chi connectivity index (χ1) is 9.36. The largest absolute Gasteiger partial charge is 0.382 e. The number of likely N-dealkylation sites (tertiary alicyclic amines) is 1. The second-order valence-electron chi connectivity index (χ2n) is 4.95. The van der Waals surface area contributed by atoms with Crippen molar-refractivity contribution in [1.29, 1.82) is 0 Å². The molecule has 5 nitrogen and oxygen atoms in total. The first-order valence-corrected chi connectivity index (χ1v) is 7.22. The SMILES string of the molecule is COCCOCCC1CCN(CCOCCOC)C1. The molecule has 0 N–H and O–H groups in total. The Morgan fingerprint density at radius 3 is 2.26 bits per heavy atom. The molecule has 0 amide bonds. The highest BCUT2D eigenvalue weighted by Crippen LogP contribution is 2.19. The Bertz CT molecular complexity index is 184. The van der Waals surface area contributed by atoms with E-state index in [1.807, 2.05) is 0 Å². The summed E-state index contributed by atoms with van der Waals surface area (Å²) in [6.07, 6.45) is 2.44. The molecule has 0 aliphatic carbocycles. The van der Waals surface area contributed by atoms with Crippen LogP contribution in [-0.4, -0.2) is 78.4 Å². The van der Waals surface area contributed by atoms with Crippen molar-refractivity contribution in [2.75, 3.05) is 73.5 Å². The molecule has 1 heterocycles. The molecular formula is C14H29NO4. The summed E-state index contributed by atoms with van der Waals surface area (Å²) in [6, 6.07) is 0. The van der Waals surface area contributed by atoms with Gasteiger partial charge in [0.05, 0.1) is 33.0 Å². The van der Waals surface area contributed by atoms with Crippen molar-refractivity contribution >= 4 is 0 Å². The molecule has 1 rings (SSSR count). The molecule has 0 spiro atoms. The van der Waals surface area contributed by atoms with E-state index in [1.54, 1.807) is 14.2 Å². The van der Waals surface area contributed by atoms with Crippen molar-refractivity contribution in [1.82, 2.24) is 4.90 Å². The van der Waals surface area contributed by atoms with Gasteiger partial charge in [-0.05, 0) is 25.3 Å². The molecule has 19 heavy (non-hydrogen) atoms. The Kier molecular flexibility index (Phi) is 10.3. The highest BCUT2D eigenvalue weighted by atomic mass is 16.5. The van der Waals surface area contributed by atoms with E-state index < -0.39 is 0 Å². The third-order valence-electron chi connectivity index (χ3n) is 3.46. The first kappa shape index (κ1) is 16.9. The molecular weight excluding hydrogens is 246 g/mol. The van der Waals surface area contributed by atoms with Crippen LogP contribution in [0.3, 0.4) is 0 Å². The van der Waals surface area contributed by atoms with Gasteiger partial charge in [0, 0.05) is 33.9 Å². The van der Waals surface area contributed by atoms with Gasteiger partial charge in [0.2, 0.25) is 0 Å². The monoisotopic (exact) mass is 275 g/mol. The summed E-state index contributed by atoms with van der Waals surface area (Å²) in [5.41, 5.74) is 0. The third-order valence-corrected chi connectivity index (χ3v) is 3.46. The Balaban J connectivity index is 1.91. The molecule has 1 atom stereocenters. The molecule has 5 heteroatoms. The van der Waals surface area contributed by atoms with Gasteiger partial charge >= 0.3 is 0 Å². The van der Waals surface area contributed by atoms with E-state index >= 15 is 0 Å². The molecule has 1 saturated heterocycles. The van der Waals surface area contributed by atoms with Gasteiger partial charge in [0.25, 0.3) is 0 Å². The van der Waals surface area contributed by atoms with E-state index in [2.05, 4.69) is 4.90 Å². The van der Waals surface area contributed by atoms with Gasteiger partial charge < -0.3 is 23.8 Å². The lowest BCUT2D eigenvalue weighted by atomic mass is 10.1. The minimum atomic E-state index is 0.682. The summed E-state index contributed by atoms with van der Waals surface area (Å²) in [7, 11) is 3.40. The fourth-order valence-electron chi connectivity index (χ4n) is 2.28. The topological polar surface area (TPSA) is 40.2 Å². The molecule has 0 radical (unpaired) electrons. The van der Waals surface area contributed by atoms with Crippen LogP contribution in [0.15, 0.2) is 0 Å². The summed E-state index contributed by atoms with van der Waals surface area (Å²) in [5, 5.41) is 0. The van der Waals surface area contributed by atoms with E-state index in [4.69, 9.17) is 18.9 Å². The van der Waals surface area contributed by atoms with Crippen LogP contribution in [0.5, 0.6) is 0 Å². The minimum absolute atomic E-state index is 0.682. The number of hydrogen-bond donors (Lipinski definition) is 0. The van der Waals surface area contributed by atoms with E-state index in [0.717, 1.165) is 32.1 Å². The molecule has 114 valence electrons. The number of rotatable bonds is 12. The van der Waals surface area contributed by atoms with Crippen LogP contribution in [0.1, 0.15) is 12.8 Å². The van der Waals surface area contributed by atoms with Crippen LogP contribution in [0.2, 0.25) is 0 Å². The average Bonchev–Trinajstić information content (AvgIpc) is 2.86. The maximum atomic E-state index is 5.51. The van der Waals surface area contributed by atoms with Crippen molar-refractivity contribution in [3.8, 4) is 0 Å². The fraction of sp³-hybridized carbons (Fsp3) is 1.00. The quantitative estimate of drug-likeness (QED) is 0.497. The van der Waals surface area contributed by atoms with Gasteiger partial charge in [-0.3, -0.25) is 0 Å². The average molecular weight is 275 g/mol. The molecule has 0 aromatic heterocycles. The Morgan fingerprint density at radius 2 is 1.58 bits per heavy atom. The molecule has 0 bridgehead atoms. The van der Waals surface area contributed by atoms with Crippen LogP contribution < -0.4 is 0 Å². The Labute approximate surface area is 117 Å². The van der Waals surface area contributed by atoms with E-state index in [0.29, 0.717) is 26.4 Å². The highest BCUT2D eigenvalue weighted by Gasteiger charge is 2.21. The summed E-state index contributed by atoms with van der Waals surface area (Å²) >= 11 is 0.